The van der Waals surface area contributed by atoms with Crippen molar-refractivity contribution in [2.24, 2.45) is 10.2 Å². The third-order valence-electron chi connectivity index (χ3n) is 3.94. The molecule has 3 aromatic rings. The molecule has 140 valence electrons. The van der Waals surface area contributed by atoms with Crippen LogP contribution in [0.25, 0.3) is 10.8 Å². The maximum absolute atomic E-state index is 12.3. The van der Waals surface area contributed by atoms with Crippen molar-refractivity contribution >= 4 is 32.2 Å². The maximum atomic E-state index is 12.3. The number of rotatable bonds is 6. The molecule has 0 heterocycles. The first-order valence-corrected chi connectivity index (χ1v) is 9.86. The predicted molar refractivity (Wildman–Crippen MR) is 103 cm³/mol. The van der Waals surface area contributed by atoms with E-state index in [4.69, 9.17) is 0 Å². The van der Waals surface area contributed by atoms with Crippen molar-refractivity contribution in [2.45, 2.75) is 18.2 Å². The number of azo groups is 1. The van der Waals surface area contributed by atoms with E-state index < -0.39 is 10.0 Å². The SMILES string of the molecule is CCCNS(=O)(=O)c1ccc(O)c(N=Nc2c(O)ccc3ccccc23)c1. The van der Waals surface area contributed by atoms with Crippen molar-refractivity contribution in [3.63, 3.8) is 0 Å². The summed E-state index contributed by atoms with van der Waals surface area (Å²) < 4.78 is 27.0. The van der Waals surface area contributed by atoms with Gasteiger partial charge >= 0.3 is 0 Å². The number of nitrogens with one attached hydrogen (secondary N) is 1. The summed E-state index contributed by atoms with van der Waals surface area (Å²) in [6.45, 7) is 2.17. The molecule has 0 amide bonds. The first-order chi connectivity index (χ1) is 12.9. The van der Waals surface area contributed by atoms with Gasteiger partial charge in [-0.15, -0.1) is 10.2 Å². The van der Waals surface area contributed by atoms with Crippen molar-refractivity contribution in [3.05, 3.63) is 54.6 Å². The van der Waals surface area contributed by atoms with Crippen molar-refractivity contribution in [2.75, 3.05) is 6.54 Å². The van der Waals surface area contributed by atoms with E-state index in [1.807, 2.05) is 25.1 Å². The third kappa shape index (κ3) is 4.07. The molecule has 0 unspecified atom stereocenters. The van der Waals surface area contributed by atoms with Gasteiger partial charge in [0.05, 0.1) is 4.90 Å². The van der Waals surface area contributed by atoms with E-state index in [-0.39, 0.29) is 27.8 Å². The first-order valence-electron chi connectivity index (χ1n) is 8.37. The van der Waals surface area contributed by atoms with E-state index in [0.29, 0.717) is 18.4 Å². The average Bonchev–Trinajstić information content (AvgIpc) is 2.66. The Balaban J connectivity index is 2.01. The van der Waals surface area contributed by atoms with Gasteiger partial charge in [0.2, 0.25) is 10.0 Å². The molecule has 3 N–H and O–H groups in total. The summed E-state index contributed by atoms with van der Waals surface area (Å²) in [5.41, 5.74) is 0.228. The number of phenolic OH excluding ortho intramolecular Hbond substituents is 2. The first kappa shape index (κ1) is 18.8. The average molecular weight is 385 g/mol. The van der Waals surface area contributed by atoms with E-state index in [1.54, 1.807) is 12.1 Å². The summed E-state index contributed by atoms with van der Waals surface area (Å²) >= 11 is 0. The molecular weight excluding hydrogens is 366 g/mol. The molecule has 0 atom stereocenters. The highest BCUT2D eigenvalue weighted by molar-refractivity contribution is 7.89. The number of benzene rings is 3. The highest BCUT2D eigenvalue weighted by Crippen LogP contribution is 2.37. The van der Waals surface area contributed by atoms with Crippen LogP contribution in [0.1, 0.15) is 13.3 Å². The van der Waals surface area contributed by atoms with Crippen molar-refractivity contribution in [1.29, 1.82) is 0 Å². The number of aromatic hydroxyl groups is 2. The van der Waals surface area contributed by atoms with Crippen LogP contribution < -0.4 is 4.72 Å². The van der Waals surface area contributed by atoms with E-state index in [2.05, 4.69) is 15.0 Å². The Bertz CT molecular complexity index is 1110. The lowest BCUT2D eigenvalue weighted by atomic mass is 10.1. The van der Waals surface area contributed by atoms with Crippen LogP contribution in [0.3, 0.4) is 0 Å². The highest BCUT2D eigenvalue weighted by Gasteiger charge is 2.15. The predicted octanol–water partition coefficient (Wildman–Crippen LogP) is 4.35. The van der Waals surface area contributed by atoms with Crippen LogP contribution in [0.15, 0.2) is 69.7 Å². The number of nitrogens with zero attached hydrogens (tertiary/aromatic N) is 2. The van der Waals surface area contributed by atoms with Gasteiger partial charge in [-0.1, -0.05) is 37.3 Å². The highest BCUT2D eigenvalue weighted by atomic mass is 32.2. The van der Waals surface area contributed by atoms with Crippen LogP contribution in [0.4, 0.5) is 11.4 Å². The van der Waals surface area contributed by atoms with Gasteiger partial charge < -0.3 is 10.2 Å². The van der Waals surface area contributed by atoms with Gasteiger partial charge in [-0.05, 0) is 36.1 Å². The maximum Gasteiger partial charge on any atom is 0.240 e. The minimum atomic E-state index is -3.70. The van der Waals surface area contributed by atoms with E-state index in [1.165, 1.54) is 24.3 Å². The topological polar surface area (TPSA) is 111 Å². The van der Waals surface area contributed by atoms with Gasteiger partial charge in [0.25, 0.3) is 0 Å². The fraction of sp³-hybridized carbons (Fsp3) is 0.158. The molecule has 0 saturated carbocycles. The number of hydrogen-bond acceptors (Lipinski definition) is 6. The second kappa shape index (κ2) is 7.73. The van der Waals surface area contributed by atoms with Crippen molar-refractivity contribution < 1.29 is 18.6 Å². The summed E-state index contributed by atoms with van der Waals surface area (Å²) in [7, 11) is -3.70. The molecule has 7 nitrogen and oxygen atoms in total. The Morgan fingerprint density at radius 1 is 0.963 bits per heavy atom. The molecule has 0 radical (unpaired) electrons. The van der Waals surface area contributed by atoms with Crippen LogP contribution in [0.2, 0.25) is 0 Å². The second-order valence-electron chi connectivity index (χ2n) is 5.90. The van der Waals surface area contributed by atoms with Gasteiger partial charge in [-0.25, -0.2) is 13.1 Å². The summed E-state index contributed by atoms with van der Waals surface area (Å²) in [5.74, 6) is -0.279. The fourth-order valence-corrected chi connectivity index (χ4v) is 3.68. The molecule has 3 aromatic carbocycles. The number of phenols is 2. The summed E-state index contributed by atoms with van der Waals surface area (Å²) in [4.78, 5) is -0.0233. The quantitative estimate of drug-likeness (QED) is 0.548. The molecule has 3 rings (SSSR count). The molecule has 0 aliphatic carbocycles. The summed E-state index contributed by atoms with van der Waals surface area (Å²) in [5, 5.41) is 29.7. The Morgan fingerprint density at radius 3 is 2.48 bits per heavy atom. The molecule has 0 spiro atoms. The molecule has 0 fully saturated rings. The monoisotopic (exact) mass is 385 g/mol. The summed E-state index contributed by atoms with van der Waals surface area (Å²) in [6, 6.07) is 14.4. The van der Waals surface area contributed by atoms with Gasteiger partial charge in [-0.3, -0.25) is 0 Å². The largest absolute Gasteiger partial charge is 0.506 e. The van der Waals surface area contributed by atoms with Gasteiger partial charge in [-0.2, -0.15) is 0 Å². The van der Waals surface area contributed by atoms with Gasteiger partial charge in [0.15, 0.2) is 0 Å². The van der Waals surface area contributed by atoms with Crippen molar-refractivity contribution in [3.8, 4) is 11.5 Å². The Morgan fingerprint density at radius 2 is 1.70 bits per heavy atom. The molecule has 0 saturated heterocycles. The zero-order chi connectivity index (χ0) is 19.4. The fourth-order valence-electron chi connectivity index (χ4n) is 2.52. The summed E-state index contributed by atoms with van der Waals surface area (Å²) in [6.07, 6.45) is 0.657. The Kier molecular flexibility index (Phi) is 5.38. The molecule has 0 aliphatic heterocycles. The number of hydrogen-bond donors (Lipinski definition) is 3. The minimum Gasteiger partial charge on any atom is -0.506 e. The molecule has 8 heteroatoms. The van der Waals surface area contributed by atoms with Crippen LogP contribution in [-0.2, 0) is 10.0 Å². The van der Waals surface area contributed by atoms with Gasteiger partial charge in [0.1, 0.15) is 22.9 Å². The lowest BCUT2D eigenvalue weighted by Gasteiger charge is -2.07. The molecule has 0 aliphatic rings. The Hall–Kier alpha value is -2.97. The number of fused-ring (bicyclic) bond motifs is 1. The third-order valence-corrected chi connectivity index (χ3v) is 5.39. The minimum absolute atomic E-state index is 0.0123. The smallest absolute Gasteiger partial charge is 0.240 e. The van der Waals surface area contributed by atoms with Crippen LogP contribution >= 0.6 is 0 Å². The lowest BCUT2D eigenvalue weighted by molar-refractivity contribution is 0.474. The molecule has 0 bridgehead atoms. The normalized spacial score (nSPS) is 12.0. The van der Waals surface area contributed by atoms with E-state index in [9.17, 15) is 18.6 Å². The number of sulfonamides is 1. The van der Waals surface area contributed by atoms with Crippen LogP contribution in [0, 0.1) is 0 Å². The molecule has 0 aromatic heterocycles. The standard InChI is InChI=1S/C19H19N3O4S/c1-2-11-20-27(25,26)14-8-10-17(23)16(12-14)21-22-19-15-6-4-3-5-13(15)7-9-18(19)24/h3-10,12,20,23-24H,2,11H2,1H3. The Labute approximate surface area is 157 Å². The van der Waals surface area contributed by atoms with Crippen LogP contribution in [0.5, 0.6) is 11.5 Å². The van der Waals surface area contributed by atoms with Crippen molar-refractivity contribution in [1.82, 2.24) is 4.72 Å². The zero-order valence-electron chi connectivity index (χ0n) is 14.6. The van der Waals surface area contributed by atoms with Crippen LogP contribution in [-0.4, -0.2) is 25.2 Å². The zero-order valence-corrected chi connectivity index (χ0v) is 15.4. The van der Waals surface area contributed by atoms with Gasteiger partial charge in [0, 0.05) is 11.9 Å². The van der Waals surface area contributed by atoms with E-state index >= 15 is 0 Å². The molecular formula is C19H19N3O4S. The van der Waals surface area contributed by atoms with E-state index in [0.717, 1.165) is 5.39 Å². The molecule has 27 heavy (non-hydrogen) atoms. The lowest BCUT2D eigenvalue weighted by Crippen LogP contribution is -2.24. The second-order valence-corrected chi connectivity index (χ2v) is 7.67.